The lowest BCUT2D eigenvalue weighted by atomic mass is 10.2. The first-order valence-electron chi connectivity index (χ1n) is 3.59. The second kappa shape index (κ2) is 3.49. The molecule has 0 fully saturated rings. The molecule has 1 aromatic heterocycles. The van der Waals surface area contributed by atoms with Gasteiger partial charge >= 0.3 is 0 Å². The molecule has 1 aromatic rings. The van der Waals surface area contributed by atoms with Gasteiger partial charge in [0.05, 0.1) is 0 Å². The van der Waals surface area contributed by atoms with Crippen LogP contribution in [0, 0.1) is 13.8 Å². The predicted octanol–water partition coefficient (Wildman–Crippen LogP) is 1.35. The highest BCUT2D eigenvalue weighted by atomic mass is 32.1. The summed E-state index contributed by atoms with van der Waals surface area (Å²) in [6.45, 7) is 3.93. The topological polar surface area (TPSA) is 50.9 Å². The van der Waals surface area contributed by atoms with Crippen molar-refractivity contribution in [1.29, 1.82) is 0 Å². The molecule has 0 aromatic carbocycles. The van der Waals surface area contributed by atoms with E-state index in [1.165, 1.54) is 0 Å². The molecule has 0 saturated heterocycles. The number of anilines is 1. The molecule has 0 aliphatic carbocycles. The van der Waals surface area contributed by atoms with E-state index in [-0.39, 0.29) is 5.11 Å². The van der Waals surface area contributed by atoms with Crippen molar-refractivity contribution in [2.75, 3.05) is 5.32 Å². The van der Waals surface area contributed by atoms with E-state index < -0.39 is 0 Å². The second-order valence-corrected chi connectivity index (χ2v) is 3.10. The minimum absolute atomic E-state index is 0.243. The van der Waals surface area contributed by atoms with Gasteiger partial charge in [0.2, 0.25) is 0 Å². The highest BCUT2D eigenvalue weighted by Gasteiger charge is 1.96. The van der Waals surface area contributed by atoms with Crippen LogP contribution in [0.3, 0.4) is 0 Å². The summed E-state index contributed by atoms with van der Waals surface area (Å²) in [4.78, 5) is 4.20. The highest BCUT2D eigenvalue weighted by molar-refractivity contribution is 7.80. The number of nitrogens with one attached hydrogen (secondary N) is 1. The van der Waals surface area contributed by atoms with Gasteiger partial charge in [-0.3, -0.25) is 0 Å². The SMILES string of the molecule is Cc1cc(C)nc(NC(N)=S)c1. The number of rotatable bonds is 1. The largest absolute Gasteiger partial charge is 0.376 e. The Labute approximate surface area is 77.0 Å². The minimum atomic E-state index is 0.243. The number of nitrogens with two attached hydrogens (primary N) is 1. The summed E-state index contributed by atoms with van der Waals surface area (Å²) < 4.78 is 0. The maximum Gasteiger partial charge on any atom is 0.169 e. The van der Waals surface area contributed by atoms with Gasteiger partial charge in [0.25, 0.3) is 0 Å². The van der Waals surface area contributed by atoms with E-state index in [0.717, 1.165) is 11.3 Å². The smallest absolute Gasteiger partial charge is 0.169 e. The molecule has 0 atom stereocenters. The number of nitrogens with zero attached hydrogens (tertiary/aromatic N) is 1. The Morgan fingerprint density at radius 2 is 2.17 bits per heavy atom. The standard InChI is InChI=1S/C8H11N3S/c1-5-3-6(2)10-7(4-5)11-8(9)12/h3-4H,1-2H3,(H3,9,10,11,12). The molecule has 0 unspecified atom stereocenters. The van der Waals surface area contributed by atoms with Gasteiger partial charge in [-0.05, 0) is 43.8 Å². The van der Waals surface area contributed by atoms with Crippen molar-refractivity contribution < 1.29 is 0 Å². The quantitative estimate of drug-likeness (QED) is 0.642. The van der Waals surface area contributed by atoms with Crippen molar-refractivity contribution in [1.82, 2.24) is 4.98 Å². The van der Waals surface area contributed by atoms with Crippen molar-refractivity contribution in [2.45, 2.75) is 13.8 Å². The molecule has 0 amide bonds. The normalized spacial score (nSPS) is 9.50. The van der Waals surface area contributed by atoms with Crippen molar-refractivity contribution in [3.8, 4) is 0 Å². The molecule has 0 spiro atoms. The summed E-state index contributed by atoms with van der Waals surface area (Å²) >= 11 is 4.69. The molecular weight excluding hydrogens is 170 g/mol. The molecule has 0 aliphatic rings. The van der Waals surface area contributed by atoms with E-state index in [4.69, 9.17) is 18.0 Å². The van der Waals surface area contributed by atoms with Crippen LogP contribution in [0.25, 0.3) is 0 Å². The Morgan fingerprint density at radius 1 is 1.50 bits per heavy atom. The molecule has 0 saturated carbocycles. The van der Waals surface area contributed by atoms with E-state index in [2.05, 4.69) is 10.3 Å². The van der Waals surface area contributed by atoms with Crippen molar-refractivity contribution in [3.05, 3.63) is 23.4 Å². The number of aryl methyl sites for hydroxylation is 2. The lowest BCUT2D eigenvalue weighted by Crippen LogP contribution is -2.19. The van der Waals surface area contributed by atoms with Crippen LogP contribution in [0.2, 0.25) is 0 Å². The molecule has 3 N–H and O–H groups in total. The Balaban J connectivity index is 2.93. The van der Waals surface area contributed by atoms with Gasteiger partial charge in [-0.1, -0.05) is 0 Å². The van der Waals surface area contributed by atoms with Gasteiger partial charge < -0.3 is 11.1 Å². The molecule has 1 rings (SSSR count). The van der Waals surface area contributed by atoms with E-state index >= 15 is 0 Å². The molecule has 0 aliphatic heterocycles. The lowest BCUT2D eigenvalue weighted by molar-refractivity contribution is 1.18. The summed E-state index contributed by atoms with van der Waals surface area (Å²) in [5.74, 6) is 0.708. The number of thiocarbonyl (C=S) groups is 1. The van der Waals surface area contributed by atoms with Crippen molar-refractivity contribution in [3.63, 3.8) is 0 Å². The highest BCUT2D eigenvalue weighted by Crippen LogP contribution is 2.08. The van der Waals surface area contributed by atoms with Gasteiger partial charge in [-0.15, -0.1) is 0 Å². The van der Waals surface area contributed by atoms with Gasteiger partial charge in [0.15, 0.2) is 5.11 Å². The zero-order valence-electron chi connectivity index (χ0n) is 7.09. The average Bonchev–Trinajstić information content (AvgIpc) is 1.81. The third kappa shape index (κ3) is 2.47. The van der Waals surface area contributed by atoms with Crippen LogP contribution in [-0.4, -0.2) is 10.1 Å². The Kier molecular flexibility index (Phi) is 2.60. The number of hydrogen-bond acceptors (Lipinski definition) is 2. The zero-order valence-corrected chi connectivity index (χ0v) is 7.90. The second-order valence-electron chi connectivity index (χ2n) is 2.66. The zero-order chi connectivity index (χ0) is 9.14. The van der Waals surface area contributed by atoms with Gasteiger partial charge in [-0.2, -0.15) is 0 Å². The van der Waals surface area contributed by atoms with E-state index in [1.54, 1.807) is 0 Å². The number of aromatic nitrogens is 1. The summed E-state index contributed by atoms with van der Waals surface area (Å²) in [6, 6.07) is 3.89. The van der Waals surface area contributed by atoms with Crippen LogP contribution in [0.1, 0.15) is 11.3 Å². The first-order chi connectivity index (χ1) is 5.58. The van der Waals surface area contributed by atoms with Crippen LogP contribution in [0.5, 0.6) is 0 Å². The summed E-state index contributed by atoms with van der Waals surface area (Å²) in [5, 5.41) is 3.03. The number of hydrogen-bond donors (Lipinski definition) is 2. The van der Waals surface area contributed by atoms with Gasteiger partial charge in [0, 0.05) is 5.69 Å². The molecule has 0 bridgehead atoms. The predicted molar refractivity (Wildman–Crippen MR) is 54.1 cm³/mol. The molecule has 1 heterocycles. The molecule has 64 valence electrons. The monoisotopic (exact) mass is 181 g/mol. The summed E-state index contributed by atoms with van der Waals surface area (Å²) in [7, 11) is 0. The third-order valence-electron chi connectivity index (χ3n) is 1.35. The van der Waals surface area contributed by atoms with E-state index in [9.17, 15) is 0 Å². The van der Waals surface area contributed by atoms with Crippen LogP contribution in [0.4, 0.5) is 5.82 Å². The average molecular weight is 181 g/mol. The fourth-order valence-corrected chi connectivity index (χ4v) is 1.14. The first-order valence-corrected chi connectivity index (χ1v) is 4.00. The molecule has 4 heteroatoms. The first kappa shape index (κ1) is 8.93. The Morgan fingerprint density at radius 3 is 2.67 bits per heavy atom. The molecule has 0 radical (unpaired) electrons. The molecule has 12 heavy (non-hydrogen) atoms. The van der Waals surface area contributed by atoms with Crippen molar-refractivity contribution >= 4 is 23.1 Å². The maximum atomic E-state index is 5.30. The van der Waals surface area contributed by atoms with Crippen LogP contribution >= 0.6 is 12.2 Å². The summed E-state index contributed by atoms with van der Waals surface area (Å²) in [6.07, 6.45) is 0. The molecular formula is C8H11N3S. The number of pyridine rings is 1. The van der Waals surface area contributed by atoms with E-state index in [1.807, 2.05) is 26.0 Å². The van der Waals surface area contributed by atoms with E-state index in [0.29, 0.717) is 5.82 Å². The Hall–Kier alpha value is -1.16. The van der Waals surface area contributed by atoms with Crippen LogP contribution in [-0.2, 0) is 0 Å². The Bertz CT molecular complexity index is 289. The maximum absolute atomic E-state index is 5.30. The van der Waals surface area contributed by atoms with Gasteiger partial charge in [-0.25, -0.2) is 4.98 Å². The lowest BCUT2D eigenvalue weighted by Gasteiger charge is -2.04. The summed E-state index contributed by atoms with van der Waals surface area (Å²) in [5.41, 5.74) is 7.40. The fraction of sp³-hybridized carbons (Fsp3) is 0.250. The van der Waals surface area contributed by atoms with Crippen LogP contribution < -0.4 is 11.1 Å². The van der Waals surface area contributed by atoms with Gasteiger partial charge in [0.1, 0.15) is 5.82 Å². The van der Waals surface area contributed by atoms with Crippen molar-refractivity contribution in [2.24, 2.45) is 5.73 Å². The third-order valence-corrected chi connectivity index (χ3v) is 1.45. The van der Waals surface area contributed by atoms with Crippen LogP contribution in [0.15, 0.2) is 12.1 Å². The molecule has 3 nitrogen and oxygen atoms in total. The minimum Gasteiger partial charge on any atom is -0.376 e. The fourth-order valence-electron chi connectivity index (χ4n) is 1.03.